The molecule has 27 heavy (non-hydrogen) atoms. The van der Waals surface area contributed by atoms with Crippen molar-refractivity contribution < 1.29 is 9.53 Å². The molecule has 0 fully saturated rings. The number of carbonyl (C=O) groups is 1. The number of hydrogen-bond donors (Lipinski definition) is 1. The van der Waals surface area contributed by atoms with Crippen LogP contribution in [0.2, 0.25) is 0 Å². The van der Waals surface area contributed by atoms with Crippen LogP contribution in [0, 0.1) is 0 Å². The number of urea groups is 1. The number of para-hydroxylation sites is 1. The highest BCUT2D eigenvalue weighted by atomic mass is 16.5. The van der Waals surface area contributed by atoms with Crippen molar-refractivity contribution in [3.8, 4) is 5.75 Å². The van der Waals surface area contributed by atoms with Crippen LogP contribution in [0.4, 0.5) is 16.3 Å². The fraction of sp³-hybridized carbons (Fsp3) is 0.182. The first-order chi connectivity index (χ1) is 13.3. The Morgan fingerprint density at radius 2 is 1.70 bits per heavy atom. The molecule has 0 spiro atoms. The standard InChI is InChI=1S/C22H21N3O2/c26-22(24-19-9-5-2-6-10-19)25-13-14-27-20-15-18(16-23-21(20)25)12-11-17-7-3-1-4-8-17/h1-10,15-16H,11-14H2,(H,24,26). The lowest BCUT2D eigenvalue weighted by molar-refractivity contribution is 0.249. The van der Waals surface area contributed by atoms with Gasteiger partial charge in [-0.25, -0.2) is 9.78 Å². The van der Waals surface area contributed by atoms with Crippen LogP contribution in [0.5, 0.6) is 5.75 Å². The minimum Gasteiger partial charge on any atom is -0.488 e. The van der Waals surface area contributed by atoms with E-state index in [0.717, 1.165) is 24.1 Å². The van der Waals surface area contributed by atoms with Crippen molar-refractivity contribution in [2.24, 2.45) is 0 Å². The van der Waals surface area contributed by atoms with Crippen LogP contribution in [0.3, 0.4) is 0 Å². The van der Waals surface area contributed by atoms with Crippen LogP contribution >= 0.6 is 0 Å². The molecule has 1 aromatic heterocycles. The van der Waals surface area contributed by atoms with E-state index in [9.17, 15) is 4.79 Å². The first-order valence-corrected chi connectivity index (χ1v) is 9.09. The molecule has 2 heterocycles. The first kappa shape index (κ1) is 17.1. The van der Waals surface area contributed by atoms with Gasteiger partial charge in [-0.3, -0.25) is 4.90 Å². The van der Waals surface area contributed by atoms with Gasteiger partial charge in [0.25, 0.3) is 0 Å². The quantitative estimate of drug-likeness (QED) is 0.756. The highest BCUT2D eigenvalue weighted by Gasteiger charge is 2.25. The lowest BCUT2D eigenvalue weighted by Gasteiger charge is -2.28. The van der Waals surface area contributed by atoms with E-state index in [4.69, 9.17) is 4.74 Å². The van der Waals surface area contributed by atoms with Gasteiger partial charge in [-0.05, 0) is 42.2 Å². The van der Waals surface area contributed by atoms with Gasteiger partial charge >= 0.3 is 6.03 Å². The molecule has 1 aliphatic rings. The molecule has 5 heteroatoms. The molecular formula is C22H21N3O2. The first-order valence-electron chi connectivity index (χ1n) is 9.09. The highest BCUT2D eigenvalue weighted by Crippen LogP contribution is 2.30. The molecule has 0 unspecified atom stereocenters. The summed E-state index contributed by atoms with van der Waals surface area (Å²) in [6.07, 6.45) is 3.66. The number of fused-ring (bicyclic) bond motifs is 1. The Kier molecular flexibility index (Phi) is 5.01. The van der Waals surface area contributed by atoms with E-state index in [2.05, 4.69) is 22.4 Å². The van der Waals surface area contributed by atoms with Gasteiger partial charge in [-0.1, -0.05) is 48.5 Å². The number of aromatic nitrogens is 1. The summed E-state index contributed by atoms with van der Waals surface area (Å²) in [5.74, 6) is 1.23. The number of hydrogen-bond acceptors (Lipinski definition) is 3. The van der Waals surface area contributed by atoms with E-state index in [1.807, 2.05) is 60.8 Å². The number of amides is 2. The summed E-state index contributed by atoms with van der Waals surface area (Å²) in [6, 6.07) is 21.6. The predicted octanol–water partition coefficient (Wildman–Crippen LogP) is 4.30. The summed E-state index contributed by atoms with van der Waals surface area (Å²) >= 11 is 0. The third-order valence-corrected chi connectivity index (χ3v) is 4.53. The molecule has 5 nitrogen and oxygen atoms in total. The van der Waals surface area contributed by atoms with Crippen LogP contribution in [-0.2, 0) is 12.8 Å². The van der Waals surface area contributed by atoms with E-state index < -0.39 is 0 Å². The Hall–Kier alpha value is -3.34. The molecule has 0 saturated heterocycles. The maximum absolute atomic E-state index is 12.6. The molecular weight excluding hydrogens is 338 g/mol. The summed E-state index contributed by atoms with van der Waals surface area (Å²) in [5, 5.41) is 2.91. The van der Waals surface area contributed by atoms with Crippen LogP contribution < -0.4 is 15.0 Å². The van der Waals surface area contributed by atoms with Gasteiger partial charge in [-0.2, -0.15) is 0 Å². The molecule has 2 amide bonds. The Morgan fingerprint density at radius 3 is 2.48 bits per heavy atom. The number of nitrogens with zero attached hydrogens (tertiary/aromatic N) is 2. The molecule has 0 radical (unpaired) electrons. The summed E-state index contributed by atoms with van der Waals surface area (Å²) in [7, 11) is 0. The summed E-state index contributed by atoms with van der Waals surface area (Å²) < 4.78 is 5.76. The monoisotopic (exact) mass is 359 g/mol. The highest BCUT2D eigenvalue weighted by molar-refractivity contribution is 6.02. The molecule has 2 aromatic carbocycles. The van der Waals surface area contributed by atoms with E-state index in [0.29, 0.717) is 24.7 Å². The smallest absolute Gasteiger partial charge is 0.327 e. The summed E-state index contributed by atoms with van der Waals surface area (Å²) in [4.78, 5) is 18.8. The number of rotatable bonds is 4. The van der Waals surface area contributed by atoms with Gasteiger partial charge in [0.2, 0.25) is 0 Å². The Morgan fingerprint density at radius 1 is 1.00 bits per heavy atom. The second-order valence-corrected chi connectivity index (χ2v) is 6.45. The zero-order valence-corrected chi connectivity index (χ0v) is 15.0. The van der Waals surface area contributed by atoms with Crippen LogP contribution in [0.1, 0.15) is 11.1 Å². The second-order valence-electron chi connectivity index (χ2n) is 6.45. The average molecular weight is 359 g/mol. The van der Waals surface area contributed by atoms with Crippen molar-refractivity contribution in [1.29, 1.82) is 0 Å². The molecule has 0 saturated carbocycles. The lowest BCUT2D eigenvalue weighted by Crippen LogP contribution is -2.41. The zero-order chi connectivity index (χ0) is 18.5. The van der Waals surface area contributed by atoms with Gasteiger partial charge in [0, 0.05) is 11.9 Å². The van der Waals surface area contributed by atoms with Gasteiger partial charge in [-0.15, -0.1) is 0 Å². The topological polar surface area (TPSA) is 54.5 Å². The molecule has 0 bridgehead atoms. The zero-order valence-electron chi connectivity index (χ0n) is 15.0. The van der Waals surface area contributed by atoms with Crippen molar-refractivity contribution in [2.45, 2.75) is 12.8 Å². The van der Waals surface area contributed by atoms with Crippen molar-refractivity contribution in [3.63, 3.8) is 0 Å². The van der Waals surface area contributed by atoms with E-state index in [1.165, 1.54) is 5.56 Å². The fourth-order valence-corrected chi connectivity index (χ4v) is 3.12. The number of carbonyl (C=O) groups excluding carboxylic acids is 1. The number of nitrogens with one attached hydrogen (secondary N) is 1. The molecule has 1 aliphatic heterocycles. The minimum absolute atomic E-state index is 0.199. The number of aryl methyl sites for hydroxylation is 2. The summed E-state index contributed by atoms with van der Waals surface area (Å²) in [5.41, 5.74) is 3.15. The van der Waals surface area contributed by atoms with E-state index >= 15 is 0 Å². The molecule has 136 valence electrons. The second kappa shape index (κ2) is 7.91. The van der Waals surface area contributed by atoms with Crippen molar-refractivity contribution in [3.05, 3.63) is 84.1 Å². The minimum atomic E-state index is -0.199. The van der Waals surface area contributed by atoms with Crippen LogP contribution in [0.15, 0.2) is 72.9 Å². The fourth-order valence-electron chi connectivity index (χ4n) is 3.12. The third kappa shape index (κ3) is 4.08. The Labute approximate surface area is 158 Å². The SMILES string of the molecule is O=C(Nc1ccccc1)N1CCOc2cc(CCc3ccccc3)cnc21. The Bertz CT molecular complexity index is 913. The van der Waals surface area contributed by atoms with Crippen molar-refractivity contribution in [1.82, 2.24) is 4.98 Å². The van der Waals surface area contributed by atoms with Gasteiger partial charge in [0.05, 0.1) is 6.54 Å². The number of pyridine rings is 1. The van der Waals surface area contributed by atoms with Gasteiger partial charge < -0.3 is 10.1 Å². The van der Waals surface area contributed by atoms with Gasteiger partial charge in [0.15, 0.2) is 11.6 Å². The molecule has 4 rings (SSSR count). The largest absolute Gasteiger partial charge is 0.488 e. The molecule has 1 N–H and O–H groups in total. The van der Waals surface area contributed by atoms with E-state index in [-0.39, 0.29) is 6.03 Å². The summed E-state index contributed by atoms with van der Waals surface area (Å²) in [6.45, 7) is 0.932. The van der Waals surface area contributed by atoms with E-state index in [1.54, 1.807) is 4.90 Å². The average Bonchev–Trinajstić information content (AvgIpc) is 2.73. The predicted molar refractivity (Wildman–Crippen MR) is 106 cm³/mol. The maximum atomic E-state index is 12.6. The third-order valence-electron chi connectivity index (χ3n) is 4.53. The lowest BCUT2D eigenvalue weighted by atomic mass is 10.1. The van der Waals surface area contributed by atoms with Crippen LogP contribution in [-0.4, -0.2) is 24.2 Å². The van der Waals surface area contributed by atoms with Crippen LogP contribution in [0.25, 0.3) is 0 Å². The molecule has 0 aliphatic carbocycles. The molecule has 3 aromatic rings. The normalized spacial score (nSPS) is 12.8. The number of anilines is 2. The van der Waals surface area contributed by atoms with Crippen molar-refractivity contribution >= 4 is 17.5 Å². The Balaban J connectivity index is 1.47. The van der Waals surface area contributed by atoms with Gasteiger partial charge in [0.1, 0.15) is 6.61 Å². The maximum Gasteiger partial charge on any atom is 0.327 e. The number of ether oxygens (including phenoxy) is 1. The molecule has 0 atom stereocenters. The van der Waals surface area contributed by atoms with Crippen molar-refractivity contribution in [2.75, 3.05) is 23.4 Å². The number of benzene rings is 2.